The zero-order valence-electron chi connectivity index (χ0n) is 11.7. The van der Waals surface area contributed by atoms with Gasteiger partial charge in [0.15, 0.2) is 5.82 Å². The molecule has 0 radical (unpaired) electrons. The predicted octanol–water partition coefficient (Wildman–Crippen LogP) is 1.70. The zero-order chi connectivity index (χ0) is 14.7. The summed E-state index contributed by atoms with van der Waals surface area (Å²) in [6, 6.07) is 0. The first-order valence-corrected chi connectivity index (χ1v) is 9.01. The molecule has 2 heterocycles. The van der Waals surface area contributed by atoms with E-state index in [1.807, 2.05) is 0 Å². The molecule has 8 heteroatoms. The number of alkyl halides is 1. The molecular weight excluding hydrogens is 297 g/mol. The van der Waals surface area contributed by atoms with E-state index in [1.165, 1.54) is 4.31 Å². The Morgan fingerprint density at radius 2 is 2.05 bits per heavy atom. The van der Waals surface area contributed by atoms with Crippen LogP contribution in [0.4, 0.5) is 4.39 Å². The fourth-order valence-corrected chi connectivity index (χ4v) is 4.79. The van der Waals surface area contributed by atoms with E-state index in [9.17, 15) is 8.42 Å². The van der Waals surface area contributed by atoms with Gasteiger partial charge in [-0.1, -0.05) is 5.16 Å². The van der Waals surface area contributed by atoms with E-state index < -0.39 is 15.7 Å². The summed E-state index contributed by atoms with van der Waals surface area (Å²) in [4.78, 5) is 4.17. The second-order valence-corrected chi connectivity index (χ2v) is 8.59. The minimum absolute atomic E-state index is 0.0555. The Hall–Kier alpha value is -1.02. The first-order valence-electron chi connectivity index (χ1n) is 7.51. The molecule has 0 spiro atoms. The summed E-state index contributed by atoms with van der Waals surface area (Å²) in [5, 5.41) is 3.52. The van der Waals surface area contributed by atoms with Gasteiger partial charge in [-0.3, -0.25) is 0 Å². The number of nitrogens with zero attached hydrogens (tertiary/aromatic N) is 3. The van der Waals surface area contributed by atoms with Crippen LogP contribution in [0.25, 0.3) is 0 Å². The quantitative estimate of drug-likeness (QED) is 0.845. The maximum absolute atomic E-state index is 15.2. The molecular formula is C13H18FN3O3S. The Morgan fingerprint density at radius 3 is 2.71 bits per heavy atom. The monoisotopic (exact) mass is 315 g/mol. The van der Waals surface area contributed by atoms with Crippen molar-refractivity contribution < 1.29 is 17.3 Å². The van der Waals surface area contributed by atoms with Gasteiger partial charge in [0.05, 0.1) is 11.8 Å². The van der Waals surface area contributed by atoms with E-state index in [-0.39, 0.29) is 24.1 Å². The summed E-state index contributed by atoms with van der Waals surface area (Å²) in [6.45, 7) is 0.187. The van der Waals surface area contributed by atoms with Crippen LogP contribution < -0.4 is 0 Å². The average molecular weight is 315 g/mol. The van der Waals surface area contributed by atoms with Crippen molar-refractivity contribution in [2.45, 2.75) is 55.4 Å². The first kappa shape index (κ1) is 13.6. The molecule has 0 N–H and O–H groups in total. The highest BCUT2D eigenvalue weighted by Crippen LogP contribution is 2.42. The van der Waals surface area contributed by atoms with Gasteiger partial charge in [-0.05, 0) is 38.5 Å². The number of rotatable bonds is 4. The molecule has 0 amide bonds. The number of aromatic nitrogens is 2. The largest absolute Gasteiger partial charge is 0.336 e. The van der Waals surface area contributed by atoms with E-state index in [4.69, 9.17) is 4.52 Å². The standard InChI is InChI=1S/C13H18FN3O3S/c14-13(12-15-11(16-20-12)9-2-3-9)6-1-7-17(8-13)21(18,19)10-4-5-10/h9-10H,1-8H2. The lowest BCUT2D eigenvalue weighted by Crippen LogP contribution is -2.47. The topological polar surface area (TPSA) is 76.3 Å². The van der Waals surface area contributed by atoms with Crippen LogP contribution in [0.1, 0.15) is 56.2 Å². The number of hydrogen-bond donors (Lipinski definition) is 0. The minimum atomic E-state index is -3.36. The maximum Gasteiger partial charge on any atom is 0.265 e. The van der Waals surface area contributed by atoms with Crippen LogP contribution in [-0.4, -0.2) is 41.2 Å². The normalized spacial score (nSPS) is 31.5. The lowest BCUT2D eigenvalue weighted by molar-refractivity contribution is 0.0469. The molecule has 0 aromatic carbocycles. The highest BCUT2D eigenvalue weighted by atomic mass is 32.2. The third kappa shape index (κ3) is 2.38. The number of hydrogen-bond acceptors (Lipinski definition) is 5. The molecule has 21 heavy (non-hydrogen) atoms. The molecule has 1 saturated heterocycles. The number of halogens is 1. The molecule has 2 saturated carbocycles. The fourth-order valence-electron chi connectivity index (χ4n) is 2.87. The minimum Gasteiger partial charge on any atom is -0.336 e. The van der Waals surface area contributed by atoms with Crippen LogP contribution >= 0.6 is 0 Å². The van der Waals surface area contributed by atoms with Crippen molar-refractivity contribution in [3.8, 4) is 0 Å². The van der Waals surface area contributed by atoms with Crippen LogP contribution in [-0.2, 0) is 15.7 Å². The lowest BCUT2D eigenvalue weighted by atomic mass is 9.96. The molecule has 6 nitrogen and oxygen atoms in total. The summed E-state index contributed by atoms with van der Waals surface area (Å²) in [7, 11) is -3.36. The van der Waals surface area contributed by atoms with E-state index in [1.54, 1.807) is 0 Å². The molecule has 1 aromatic heterocycles. The van der Waals surface area contributed by atoms with E-state index in [0.717, 1.165) is 12.8 Å². The molecule has 116 valence electrons. The van der Waals surface area contributed by atoms with Crippen LogP contribution in [0.15, 0.2) is 4.52 Å². The number of piperidine rings is 1. The van der Waals surface area contributed by atoms with Crippen molar-refractivity contribution in [3.05, 3.63) is 11.7 Å². The summed E-state index contributed by atoms with van der Waals surface area (Å²) < 4.78 is 46.1. The molecule has 1 unspecified atom stereocenters. The van der Waals surface area contributed by atoms with E-state index in [0.29, 0.717) is 37.5 Å². The van der Waals surface area contributed by atoms with Crippen molar-refractivity contribution >= 4 is 10.0 Å². The SMILES string of the molecule is O=S(=O)(C1CC1)N1CCCC(F)(c2nc(C3CC3)no2)C1. The molecule has 0 bridgehead atoms. The third-order valence-corrected chi connectivity index (χ3v) is 6.83. The van der Waals surface area contributed by atoms with Gasteiger partial charge in [-0.25, -0.2) is 12.8 Å². The molecule has 2 aliphatic carbocycles. The molecule has 4 rings (SSSR count). The maximum atomic E-state index is 15.2. The Morgan fingerprint density at radius 1 is 1.29 bits per heavy atom. The van der Waals surface area contributed by atoms with Gasteiger partial charge in [-0.2, -0.15) is 9.29 Å². The highest BCUT2D eigenvalue weighted by Gasteiger charge is 2.49. The molecule has 1 aliphatic heterocycles. The van der Waals surface area contributed by atoms with Gasteiger partial charge in [0, 0.05) is 12.5 Å². The van der Waals surface area contributed by atoms with Crippen molar-refractivity contribution in [3.63, 3.8) is 0 Å². The summed E-state index contributed by atoms with van der Waals surface area (Å²) in [5.74, 6) is 0.797. The van der Waals surface area contributed by atoms with E-state index in [2.05, 4.69) is 10.1 Å². The summed E-state index contributed by atoms with van der Waals surface area (Å²) in [5.41, 5.74) is -1.85. The predicted molar refractivity (Wildman–Crippen MR) is 71.8 cm³/mol. The van der Waals surface area contributed by atoms with Crippen LogP contribution in [0.5, 0.6) is 0 Å². The Kier molecular flexibility index (Phi) is 2.91. The Bertz CT molecular complexity index is 653. The molecule has 3 aliphatic rings. The van der Waals surface area contributed by atoms with Crippen molar-refractivity contribution in [1.82, 2.24) is 14.4 Å². The van der Waals surface area contributed by atoms with Crippen LogP contribution in [0.3, 0.4) is 0 Å². The average Bonchev–Trinajstić information content (AvgIpc) is 3.37. The van der Waals surface area contributed by atoms with Gasteiger partial charge in [0.1, 0.15) is 0 Å². The number of sulfonamides is 1. The highest BCUT2D eigenvalue weighted by molar-refractivity contribution is 7.90. The van der Waals surface area contributed by atoms with Crippen LogP contribution in [0, 0.1) is 0 Å². The Balaban J connectivity index is 1.57. The first-order chi connectivity index (χ1) is 9.99. The van der Waals surface area contributed by atoms with E-state index >= 15 is 4.39 Å². The van der Waals surface area contributed by atoms with Gasteiger partial charge in [0.2, 0.25) is 15.7 Å². The van der Waals surface area contributed by atoms with Gasteiger partial charge < -0.3 is 4.52 Å². The van der Waals surface area contributed by atoms with Gasteiger partial charge >= 0.3 is 0 Å². The third-order valence-electron chi connectivity index (χ3n) is 4.48. The van der Waals surface area contributed by atoms with Crippen LogP contribution in [0.2, 0.25) is 0 Å². The fraction of sp³-hybridized carbons (Fsp3) is 0.846. The molecule has 3 fully saturated rings. The second-order valence-electron chi connectivity index (χ2n) is 6.38. The van der Waals surface area contributed by atoms with Crippen molar-refractivity contribution in [2.75, 3.05) is 13.1 Å². The van der Waals surface area contributed by atoms with Gasteiger partial charge in [0.25, 0.3) is 5.89 Å². The summed E-state index contributed by atoms with van der Waals surface area (Å²) >= 11 is 0. The van der Waals surface area contributed by atoms with Crippen molar-refractivity contribution in [1.29, 1.82) is 0 Å². The van der Waals surface area contributed by atoms with Gasteiger partial charge in [-0.15, -0.1) is 0 Å². The second kappa shape index (κ2) is 4.49. The Labute approximate surface area is 122 Å². The molecule has 1 aromatic rings. The van der Waals surface area contributed by atoms with Crippen molar-refractivity contribution in [2.24, 2.45) is 0 Å². The smallest absolute Gasteiger partial charge is 0.265 e. The lowest BCUT2D eigenvalue weighted by Gasteiger charge is -2.34. The zero-order valence-corrected chi connectivity index (χ0v) is 12.5. The molecule has 1 atom stereocenters. The summed E-state index contributed by atoms with van der Waals surface area (Å²) in [6.07, 6.45) is 4.11.